The Labute approximate surface area is 133 Å². The minimum Gasteiger partial charge on any atom is -0.379 e. The molecule has 1 heterocycles. The predicted octanol–water partition coefficient (Wildman–Crippen LogP) is 3.93. The van der Waals surface area contributed by atoms with E-state index >= 15 is 0 Å². The van der Waals surface area contributed by atoms with E-state index < -0.39 is 0 Å². The second-order valence-corrected chi connectivity index (χ2v) is 6.08. The minimum atomic E-state index is 0.889. The number of hydrogen-bond acceptors (Lipinski definition) is 2. The Bertz CT molecular complexity index is 602. The molecular weight excluding hydrogens is 270 g/mol. The van der Waals surface area contributed by atoms with Gasteiger partial charge in [0.05, 0.1) is 13.2 Å². The van der Waals surface area contributed by atoms with Crippen molar-refractivity contribution in [3.8, 4) is 11.1 Å². The monoisotopic (exact) mass is 295 g/mol. The first-order valence-corrected chi connectivity index (χ1v) is 8.28. The number of nitrogens with zero attached hydrogens (tertiary/aromatic N) is 1. The van der Waals surface area contributed by atoms with Crippen LogP contribution in [0, 0.1) is 6.92 Å². The van der Waals surface area contributed by atoms with Gasteiger partial charge in [0.15, 0.2) is 0 Å². The Balaban J connectivity index is 1.66. The Morgan fingerprint density at radius 1 is 1.00 bits per heavy atom. The van der Waals surface area contributed by atoms with Gasteiger partial charge in [-0.05, 0) is 43.0 Å². The average Bonchev–Trinajstić information content (AvgIpc) is 2.56. The zero-order chi connectivity index (χ0) is 15.2. The third kappa shape index (κ3) is 3.96. The highest BCUT2D eigenvalue weighted by atomic mass is 16.5. The van der Waals surface area contributed by atoms with E-state index in [1.165, 1.54) is 35.2 Å². The second-order valence-electron chi connectivity index (χ2n) is 6.08. The number of hydrogen-bond donors (Lipinski definition) is 0. The summed E-state index contributed by atoms with van der Waals surface area (Å²) in [6, 6.07) is 17.6. The summed E-state index contributed by atoms with van der Waals surface area (Å²) in [5.41, 5.74) is 5.50. The Morgan fingerprint density at radius 2 is 1.82 bits per heavy atom. The molecule has 1 aliphatic heterocycles. The maximum absolute atomic E-state index is 5.41. The molecule has 1 fully saturated rings. The van der Waals surface area contributed by atoms with Crippen LogP contribution in [0.25, 0.3) is 11.1 Å². The quantitative estimate of drug-likeness (QED) is 0.829. The average molecular weight is 295 g/mol. The molecule has 0 atom stereocenters. The van der Waals surface area contributed by atoms with Crippen molar-refractivity contribution in [1.29, 1.82) is 0 Å². The Kier molecular flexibility index (Phi) is 5.25. The zero-order valence-electron chi connectivity index (χ0n) is 13.4. The third-order valence-electron chi connectivity index (χ3n) is 4.37. The van der Waals surface area contributed by atoms with E-state index in [0.29, 0.717) is 0 Å². The molecular formula is C20H25NO. The van der Waals surface area contributed by atoms with Crippen molar-refractivity contribution in [3.05, 3.63) is 59.7 Å². The first-order valence-electron chi connectivity index (χ1n) is 8.28. The summed E-state index contributed by atoms with van der Waals surface area (Å²) < 4.78 is 5.41. The molecule has 0 aliphatic carbocycles. The molecule has 22 heavy (non-hydrogen) atoms. The largest absolute Gasteiger partial charge is 0.379 e. The number of ether oxygens (including phenoxy) is 1. The van der Waals surface area contributed by atoms with Gasteiger partial charge in [0.25, 0.3) is 0 Å². The van der Waals surface area contributed by atoms with E-state index in [1.54, 1.807) is 0 Å². The molecule has 1 saturated heterocycles. The molecule has 0 N–H and O–H groups in total. The lowest BCUT2D eigenvalue weighted by Crippen LogP contribution is -2.36. The lowest BCUT2D eigenvalue weighted by Gasteiger charge is -2.26. The highest BCUT2D eigenvalue weighted by molar-refractivity contribution is 5.67. The van der Waals surface area contributed by atoms with Gasteiger partial charge in [0.2, 0.25) is 0 Å². The van der Waals surface area contributed by atoms with Crippen molar-refractivity contribution < 1.29 is 4.74 Å². The van der Waals surface area contributed by atoms with Crippen LogP contribution >= 0.6 is 0 Å². The summed E-state index contributed by atoms with van der Waals surface area (Å²) in [6.07, 6.45) is 2.35. The lowest BCUT2D eigenvalue weighted by molar-refractivity contribution is 0.0375. The molecule has 0 saturated carbocycles. The normalized spacial score (nSPS) is 15.9. The molecule has 1 aliphatic rings. The summed E-state index contributed by atoms with van der Waals surface area (Å²) in [7, 11) is 0. The number of rotatable bonds is 5. The van der Waals surface area contributed by atoms with Crippen LogP contribution in [0.1, 0.15) is 17.5 Å². The fourth-order valence-corrected chi connectivity index (χ4v) is 3.15. The summed E-state index contributed by atoms with van der Waals surface area (Å²) in [5, 5.41) is 0. The van der Waals surface area contributed by atoms with Gasteiger partial charge in [0, 0.05) is 13.1 Å². The van der Waals surface area contributed by atoms with Crippen molar-refractivity contribution in [2.24, 2.45) is 0 Å². The summed E-state index contributed by atoms with van der Waals surface area (Å²) in [5.74, 6) is 0. The van der Waals surface area contributed by atoms with Crippen molar-refractivity contribution in [2.45, 2.75) is 19.8 Å². The topological polar surface area (TPSA) is 12.5 Å². The van der Waals surface area contributed by atoms with Crippen LogP contribution in [0.3, 0.4) is 0 Å². The van der Waals surface area contributed by atoms with Crippen molar-refractivity contribution in [3.63, 3.8) is 0 Å². The van der Waals surface area contributed by atoms with Gasteiger partial charge in [-0.25, -0.2) is 0 Å². The van der Waals surface area contributed by atoms with Crippen LogP contribution in [-0.2, 0) is 11.2 Å². The maximum atomic E-state index is 5.41. The number of benzene rings is 2. The molecule has 3 rings (SSSR count). The van der Waals surface area contributed by atoms with Gasteiger partial charge in [-0.15, -0.1) is 0 Å². The lowest BCUT2D eigenvalue weighted by atomic mass is 9.95. The van der Waals surface area contributed by atoms with Gasteiger partial charge >= 0.3 is 0 Å². The molecule has 2 aromatic rings. The molecule has 0 unspecified atom stereocenters. The molecule has 2 aromatic carbocycles. The van der Waals surface area contributed by atoms with Crippen LogP contribution < -0.4 is 0 Å². The predicted molar refractivity (Wildman–Crippen MR) is 92.2 cm³/mol. The molecule has 0 bridgehead atoms. The molecule has 2 heteroatoms. The zero-order valence-corrected chi connectivity index (χ0v) is 13.4. The van der Waals surface area contributed by atoms with E-state index in [2.05, 4.69) is 60.4 Å². The summed E-state index contributed by atoms with van der Waals surface area (Å²) in [4.78, 5) is 2.51. The van der Waals surface area contributed by atoms with Crippen molar-refractivity contribution in [1.82, 2.24) is 4.90 Å². The van der Waals surface area contributed by atoms with Crippen LogP contribution in [0.2, 0.25) is 0 Å². The summed E-state index contributed by atoms with van der Waals surface area (Å²) in [6.45, 7) is 7.27. The van der Waals surface area contributed by atoms with Gasteiger partial charge < -0.3 is 4.74 Å². The molecule has 116 valence electrons. The highest BCUT2D eigenvalue weighted by Crippen LogP contribution is 2.25. The molecule has 0 aromatic heterocycles. The van der Waals surface area contributed by atoms with Crippen LogP contribution in [-0.4, -0.2) is 37.7 Å². The van der Waals surface area contributed by atoms with E-state index in [0.717, 1.165) is 32.7 Å². The van der Waals surface area contributed by atoms with E-state index in [9.17, 15) is 0 Å². The number of morpholine rings is 1. The minimum absolute atomic E-state index is 0.889. The molecule has 2 nitrogen and oxygen atoms in total. The number of aryl methyl sites for hydroxylation is 2. The van der Waals surface area contributed by atoms with Crippen LogP contribution in [0.5, 0.6) is 0 Å². The van der Waals surface area contributed by atoms with E-state index in [4.69, 9.17) is 4.74 Å². The highest BCUT2D eigenvalue weighted by Gasteiger charge is 2.10. The smallest absolute Gasteiger partial charge is 0.0594 e. The maximum Gasteiger partial charge on any atom is 0.0594 e. The van der Waals surface area contributed by atoms with Gasteiger partial charge in [-0.2, -0.15) is 0 Å². The SMILES string of the molecule is Cc1cccc(-c2ccccc2CCCN2CCOCC2)c1. The van der Waals surface area contributed by atoms with Gasteiger partial charge in [0.1, 0.15) is 0 Å². The fourth-order valence-electron chi connectivity index (χ4n) is 3.15. The van der Waals surface area contributed by atoms with Gasteiger partial charge in [-0.3, -0.25) is 4.90 Å². The fraction of sp³-hybridized carbons (Fsp3) is 0.400. The van der Waals surface area contributed by atoms with Gasteiger partial charge in [-0.1, -0.05) is 54.1 Å². The van der Waals surface area contributed by atoms with Crippen LogP contribution in [0.15, 0.2) is 48.5 Å². The standard InChI is InChI=1S/C20H25NO/c1-17-6-4-8-19(16-17)20-10-3-2-7-18(20)9-5-11-21-12-14-22-15-13-21/h2-4,6-8,10,16H,5,9,11-15H2,1H3. The third-order valence-corrected chi connectivity index (χ3v) is 4.37. The molecule has 0 amide bonds. The molecule has 0 radical (unpaired) electrons. The van der Waals surface area contributed by atoms with Crippen LogP contribution in [0.4, 0.5) is 0 Å². The van der Waals surface area contributed by atoms with E-state index in [-0.39, 0.29) is 0 Å². The van der Waals surface area contributed by atoms with Crippen molar-refractivity contribution in [2.75, 3.05) is 32.8 Å². The van der Waals surface area contributed by atoms with E-state index in [1.807, 2.05) is 0 Å². The first kappa shape index (κ1) is 15.3. The second kappa shape index (κ2) is 7.57. The first-order chi connectivity index (χ1) is 10.8. The Hall–Kier alpha value is -1.64. The Morgan fingerprint density at radius 3 is 2.64 bits per heavy atom. The van der Waals surface area contributed by atoms with Crippen molar-refractivity contribution >= 4 is 0 Å². The molecule has 0 spiro atoms. The summed E-state index contributed by atoms with van der Waals surface area (Å²) >= 11 is 0.